The Balaban J connectivity index is 2.30. The van der Waals surface area contributed by atoms with E-state index in [-0.39, 0.29) is 15.5 Å². The van der Waals surface area contributed by atoms with Crippen LogP contribution in [0, 0.1) is 6.92 Å². The molecular formula is C17H18ClNO4S. The molecule has 0 bridgehead atoms. The average molecular weight is 368 g/mol. The van der Waals surface area contributed by atoms with Crippen molar-refractivity contribution in [2.24, 2.45) is 0 Å². The first-order valence-corrected chi connectivity index (χ1v) is 9.07. The van der Waals surface area contributed by atoms with Gasteiger partial charge < -0.3 is 4.74 Å². The number of hydrogen-bond donors (Lipinski definition) is 1. The lowest BCUT2D eigenvalue weighted by molar-refractivity contribution is 0.0600. The Kier molecular flexibility index (Phi) is 5.64. The minimum atomic E-state index is -3.82. The van der Waals surface area contributed by atoms with E-state index >= 15 is 0 Å². The highest BCUT2D eigenvalue weighted by molar-refractivity contribution is 7.89. The Hall–Kier alpha value is -1.89. The SMILES string of the molecule is COC(=O)c1cc(S(=O)(=O)NC(C)c2ccc(C)cc2)ccc1Cl. The number of carbonyl (C=O) groups excluding carboxylic acids is 1. The first kappa shape index (κ1) is 18.4. The third kappa shape index (κ3) is 4.14. The average Bonchev–Trinajstić information content (AvgIpc) is 2.54. The van der Waals surface area contributed by atoms with E-state index < -0.39 is 22.0 Å². The van der Waals surface area contributed by atoms with E-state index in [0.717, 1.165) is 11.1 Å². The minimum absolute atomic E-state index is 0.00466. The monoisotopic (exact) mass is 367 g/mol. The Morgan fingerprint density at radius 3 is 2.38 bits per heavy atom. The summed E-state index contributed by atoms with van der Waals surface area (Å²) >= 11 is 5.92. The lowest BCUT2D eigenvalue weighted by Gasteiger charge is -2.15. The van der Waals surface area contributed by atoms with Crippen LogP contribution in [-0.4, -0.2) is 21.5 Å². The molecule has 0 saturated heterocycles. The fraction of sp³-hybridized carbons (Fsp3) is 0.235. The molecule has 0 aromatic heterocycles. The van der Waals surface area contributed by atoms with Gasteiger partial charge in [0.1, 0.15) is 0 Å². The topological polar surface area (TPSA) is 72.5 Å². The van der Waals surface area contributed by atoms with Crippen molar-refractivity contribution in [3.8, 4) is 0 Å². The fourth-order valence-corrected chi connectivity index (χ4v) is 3.61. The number of methoxy groups -OCH3 is 1. The number of carbonyl (C=O) groups is 1. The summed E-state index contributed by atoms with van der Waals surface area (Å²) in [6, 6.07) is 11.0. The normalized spacial score (nSPS) is 12.7. The third-order valence-electron chi connectivity index (χ3n) is 3.56. The Morgan fingerprint density at radius 2 is 1.79 bits per heavy atom. The van der Waals surface area contributed by atoms with Gasteiger partial charge in [0, 0.05) is 6.04 Å². The highest BCUT2D eigenvalue weighted by Gasteiger charge is 2.21. The summed E-state index contributed by atoms with van der Waals surface area (Å²) in [5, 5.41) is 0.132. The molecule has 24 heavy (non-hydrogen) atoms. The molecule has 0 spiro atoms. The van der Waals surface area contributed by atoms with E-state index in [0.29, 0.717) is 0 Å². The molecule has 1 unspecified atom stereocenters. The number of benzene rings is 2. The summed E-state index contributed by atoms with van der Waals surface area (Å²) in [5.74, 6) is -0.691. The van der Waals surface area contributed by atoms with Gasteiger partial charge in [0.2, 0.25) is 10.0 Å². The molecule has 0 fully saturated rings. The van der Waals surface area contributed by atoms with E-state index in [9.17, 15) is 13.2 Å². The van der Waals surface area contributed by atoms with Gasteiger partial charge in [-0.15, -0.1) is 0 Å². The summed E-state index contributed by atoms with van der Waals surface area (Å²) in [6.07, 6.45) is 0. The largest absolute Gasteiger partial charge is 0.465 e. The molecule has 5 nitrogen and oxygen atoms in total. The summed E-state index contributed by atoms with van der Waals surface area (Å²) < 4.78 is 32.3. The zero-order valence-corrected chi connectivity index (χ0v) is 15.1. The van der Waals surface area contributed by atoms with E-state index in [1.807, 2.05) is 31.2 Å². The summed E-state index contributed by atoms with van der Waals surface area (Å²) in [6.45, 7) is 3.71. The number of esters is 1. The molecule has 1 atom stereocenters. The highest BCUT2D eigenvalue weighted by atomic mass is 35.5. The van der Waals surface area contributed by atoms with Crippen LogP contribution in [0.4, 0.5) is 0 Å². The molecule has 0 aliphatic rings. The predicted octanol–water partition coefficient (Wildman–Crippen LogP) is 3.47. The number of rotatable bonds is 5. The molecular weight excluding hydrogens is 350 g/mol. The minimum Gasteiger partial charge on any atom is -0.465 e. The van der Waals surface area contributed by atoms with Crippen LogP contribution in [-0.2, 0) is 14.8 Å². The van der Waals surface area contributed by atoms with E-state index in [1.165, 1.54) is 25.3 Å². The Labute approximate surface area is 146 Å². The van der Waals surface area contributed by atoms with Crippen LogP contribution in [0.1, 0.15) is 34.5 Å². The number of halogens is 1. The first-order chi connectivity index (χ1) is 11.2. The van der Waals surface area contributed by atoms with Crippen molar-refractivity contribution in [3.63, 3.8) is 0 Å². The summed E-state index contributed by atoms with van der Waals surface area (Å²) in [4.78, 5) is 11.6. The van der Waals surface area contributed by atoms with E-state index in [2.05, 4.69) is 9.46 Å². The molecule has 0 aliphatic heterocycles. The number of hydrogen-bond acceptors (Lipinski definition) is 4. The van der Waals surface area contributed by atoms with Crippen molar-refractivity contribution in [2.45, 2.75) is 24.8 Å². The summed E-state index contributed by atoms with van der Waals surface area (Å²) in [7, 11) is -2.61. The fourth-order valence-electron chi connectivity index (χ4n) is 2.16. The van der Waals surface area contributed by atoms with Gasteiger partial charge in [-0.25, -0.2) is 17.9 Å². The van der Waals surface area contributed by atoms with E-state index in [4.69, 9.17) is 11.6 Å². The third-order valence-corrected chi connectivity index (χ3v) is 5.43. The molecule has 0 radical (unpaired) electrons. The second-order valence-electron chi connectivity index (χ2n) is 5.39. The zero-order valence-electron chi connectivity index (χ0n) is 13.5. The summed E-state index contributed by atoms with van der Waals surface area (Å²) in [5.41, 5.74) is 1.94. The van der Waals surface area contributed by atoms with Crippen molar-refractivity contribution < 1.29 is 17.9 Å². The van der Waals surface area contributed by atoms with Crippen LogP contribution >= 0.6 is 11.6 Å². The van der Waals surface area contributed by atoms with Crippen molar-refractivity contribution in [3.05, 3.63) is 64.2 Å². The quantitative estimate of drug-likeness (QED) is 0.821. The number of ether oxygens (including phenoxy) is 1. The molecule has 2 aromatic rings. The standard InChI is InChI=1S/C17H18ClNO4S/c1-11-4-6-13(7-5-11)12(2)19-24(21,22)14-8-9-16(18)15(10-14)17(20)23-3/h4-10,12,19H,1-3H3. The van der Waals surface area contributed by atoms with Crippen molar-refractivity contribution in [1.82, 2.24) is 4.72 Å². The van der Waals surface area contributed by atoms with Crippen LogP contribution in [0.3, 0.4) is 0 Å². The van der Waals surface area contributed by atoms with Crippen LogP contribution in [0.5, 0.6) is 0 Å². The predicted molar refractivity (Wildman–Crippen MR) is 92.7 cm³/mol. The van der Waals surface area contributed by atoms with Crippen molar-refractivity contribution >= 4 is 27.6 Å². The molecule has 0 amide bonds. The van der Waals surface area contributed by atoms with Crippen LogP contribution in [0.25, 0.3) is 0 Å². The van der Waals surface area contributed by atoms with Gasteiger partial charge in [-0.3, -0.25) is 0 Å². The number of sulfonamides is 1. The van der Waals surface area contributed by atoms with Gasteiger partial charge in [-0.05, 0) is 37.6 Å². The maximum Gasteiger partial charge on any atom is 0.339 e. The van der Waals surface area contributed by atoms with Crippen LogP contribution < -0.4 is 4.72 Å². The smallest absolute Gasteiger partial charge is 0.339 e. The number of aryl methyl sites for hydroxylation is 1. The molecule has 0 heterocycles. The molecule has 0 saturated carbocycles. The Bertz CT molecular complexity index is 847. The van der Waals surface area contributed by atoms with Gasteiger partial charge >= 0.3 is 5.97 Å². The number of nitrogens with one attached hydrogen (secondary N) is 1. The van der Waals surface area contributed by atoms with Gasteiger partial charge in [0.05, 0.1) is 22.6 Å². The molecule has 128 valence electrons. The van der Waals surface area contributed by atoms with Crippen molar-refractivity contribution in [1.29, 1.82) is 0 Å². The highest BCUT2D eigenvalue weighted by Crippen LogP contribution is 2.23. The second-order valence-corrected chi connectivity index (χ2v) is 7.51. The molecule has 1 N–H and O–H groups in total. The lowest BCUT2D eigenvalue weighted by atomic mass is 10.1. The van der Waals surface area contributed by atoms with Crippen LogP contribution in [0.2, 0.25) is 5.02 Å². The molecule has 2 aromatic carbocycles. The second kappa shape index (κ2) is 7.34. The van der Waals surface area contributed by atoms with Gasteiger partial charge in [0.15, 0.2) is 0 Å². The molecule has 2 rings (SSSR count). The molecule has 7 heteroatoms. The van der Waals surface area contributed by atoms with E-state index in [1.54, 1.807) is 6.92 Å². The lowest BCUT2D eigenvalue weighted by Crippen LogP contribution is -2.27. The Morgan fingerprint density at radius 1 is 1.17 bits per heavy atom. The maximum atomic E-state index is 12.6. The van der Waals surface area contributed by atoms with Gasteiger partial charge in [0.25, 0.3) is 0 Å². The van der Waals surface area contributed by atoms with Gasteiger partial charge in [-0.1, -0.05) is 41.4 Å². The zero-order chi connectivity index (χ0) is 17.9. The van der Waals surface area contributed by atoms with Crippen LogP contribution in [0.15, 0.2) is 47.4 Å². The van der Waals surface area contributed by atoms with Gasteiger partial charge in [-0.2, -0.15) is 0 Å². The first-order valence-electron chi connectivity index (χ1n) is 7.21. The van der Waals surface area contributed by atoms with Crippen molar-refractivity contribution in [2.75, 3.05) is 7.11 Å². The molecule has 0 aliphatic carbocycles. The maximum absolute atomic E-state index is 12.6.